The van der Waals surface area contributed by atoms with E-state index in [0.29, 0.717) is 42.6 Å². The minimum atomic E-state index is 0.335. The first-order chi connectivity index (χ1) is 18.1. The Balaban J connectivity index is 1.52. The van der Waals surface area contributed by atoms with Crippen molar-refractivity contribution in [2.45, 2.75) is 20.1 Å². The molecular weight excluding hydrogens is 594 g/mol. The standard InChI is InChI=1S/C31H25Br2NO3/c1-2-35-31-16-23(8-14-30(31)37-20-22-6-4-3-5-7-22)21-36-29-15-13-28(33)18-25(29)17-26(19-34)24-9-11-27(32)12-10-24/h3-18H,2,20-21H2,1H3/b26-17+. The second-order valence-corrected chi connectivity index (χ2v) is 9.97. The summed E-state index contributed by atoms with van der Waals surface area (Å²) in [5.41, 5.74) is 4.23. The lowest BCUT2D eigenvalue weighted by Gasteiger charge is -2.15. The molecule has 0 fully saturated rings. The van der Waals surface area contributed by atoms with Gasteiger partial charge in [-0.05, 0) is 72.2 Å². The van der Waals surface area contributed by atoms with Gasteiger partial charge < -0.3 is 14.2 Å². The Morgan fingerprint density at radius 2 is 1.41 bits per heavy atom. The van der Waals surface area contributed by atoms with Crippen molar-refractivity contribution in [2.75, 3.05) is 6.61 Å². The summed E-state index contributed by atoms with van der Waals surface area (Å²) in [6.45, 7) is 3.27. The first-order valence-electron chi connectivity index (χ1n) is 11.8. The van der Waals surface area contributed by atoms with Gasteiger partial charge in [0.15, 0.2) is 11.5 Å². The van der Waals surface area contributed by atoms with Crippen LogP contribution in [0.15, 0.2) is 99.9 Å². The highest BCUT2D eigenvalue weighted by molar-refractivity contribution is 9.10. The van der Waals surface area contributed by atoms with E-state index in [1.165, 1.54) is 0 Å². The molecule has 6 heteroatoms. The SMILES string of the molecule is CCOc1cc(COc2ccc(Br)cc2/C=C(\C#N)c2ccc(Br)cc2)ccc1OCc1ccccc1. The molecule has 0 saturated heterocycles. The van der Waals surface area contributed by atoms with Crippen molar-refractivity contribution in [3.63, 3.8) is 0 Å². The quantitative estimate of drug-likeness (QED) is 0.132. The fourth-order valence-corrected chi connectivity index (χ4v) is 4.30. The van der Waals surface area contributed by atoms with Crippen molar-refractivity contribution in [1.82, 2.24) is 0 Å². The van der Waals surface area contributed by atoms with Crippen LogP contribution in [-0.2, 0) is 13.2 Å². The summed E-state index contributed by atoms with van der Waals surface area (Å²) in [7, 11) is 0. The number of hydrogen-bond acceptors (Lipinski definition) is 4. The minimum Gasteiger partial charge on any atom is -0.490 e. The van der Waals surface area contributed by atoms with Crippen molar-refractivity contribution < 1.29 is 14.2 Å². The van der Waals surface area contributed by atoms with Crippen LogP contribution in [0, 0.1) is 11.3 Å². The molecule has 0 aliphatic carbocycles. The van der Waals surface area contributed by atoms with Crippen LogP contribution < -0.4 is 14.2 Å². The Kier molecular flexibility index (Phi) is 9.42. The summed E-state index contributed by atoms with van der Waals surface area (Å²) >= 11 is 6.97. The summed E-state index contributed by atoms with van der Waals surface area (Å²) in [5, 5.41) is 9.79. The molecular formula is C31H25Br2NO3. The molecule has 0 aliphatic heterocycles. The van der Waals surface area contributed by atoms with Gasteiger partial charge in [-0.1, -0.05) is 80.4 Å². The lowest BCUT2D eigenvalue weighted by molar-refractivity contribution is 0.267. The number of allylic oxidation sites excluding steroid dienone is 1. The fourth-order valence-electron chi connectivity index (χ4n) is 3.65. The zero-order chi connectivity index (χ0) is 26.0. The molecule has 0 radical (unpaired) electrons. The summed E-state index contributed by atoms with van der Waals surface area (Å²) < 4.78 is 19.9. The van der Waals surface area contributed by atoms with Crippen LogP contribution in [0.5, 0.6) is 17.2 Å². The molecule has 186 valence electrons. The maximum absolute atomic E-state index is 9.79. The van der Waals surface area contributed by atoms with Gasteiger partial charge in [-0.2, -0.15) is 5.26 Å². The second kappa shape index (κ2) is 13.1. The third-order valence-electron chi connectivity index (χ3n) is 5.49. The van der Waals surface area contributed by atoms with Gasteiger partial charge in [0.1, 0.15) is 19.0 Å². The molecule has 0 spiro atoms. The average molecular weight is 619 g/mol. The number of nitriles is 1. The fraction of sp³-hybridized carbons (Fsp3) is 0.129. The lowest BCUT2D eigenvalue weighted by atomic mass is 10.0. The molecule has 4 rings (SSSR count). The Morgan fingerprint density at radius 1 is 0.730 bits per heavy atom. The van der Waals surface area contributed by atoms with E-state index in [9.17, 15) is 5.26 Å². The molecule has 0 amide bonds. The van der Waals surface area contributed by atoms with Crippen LogP contribution in [0.3, 0.4) is 0 Å². The van der Waals surface area contributed by atoms with Crippen LogP contribution in [0.4, 0.5) is 0 Å². The third kappa shape index (κ3) is 7.48. The zero-order valence-electron chi connectivity index (χ0n) is 20.3. The van der Waals surface area contributed by atoms with Gasteiger partial charge >= 0.3 is 0 Å². The minimum absolute atomic E-state index is 0.335. The number of nitrogens with zero attached hydrogens (tertiary/aromatic N) is 1. The summed E-state index contributed by atoms with van der Waals surface area (Å²) in [6.07, 6.45) is 1.84. The summed E-state index contributed by atoms with van der Waals surface area (Å²) in [5.74, 6) is 2.04. The molecule has 4 nitrogen and oxygen atoms in total. The molecule has 4 aromatic rings. The number of rotatable bonds is 10. The van der Waals surface area contributed by atoms with E-state index < -0.39 is 0 Å². The van der Waals surface area contributed by atoms with Gasteiger partial charge in [0.05, 0.1) is 18.2 Å². The monoisotopic (exact) mass is 617 g/mol. The van der Waals surface area contributed by atoms with E-state index in [2.05, 4.69) is 37.9 Å². The Labute approximate surface area is 234 Å². The molecule has 0 heterocycles. The van der Waals surface area contributed by atoms with Crippen molar-refractivity contribution >= 4 is 43.5 Å². The number of ether oxygens (including phenoxy) is 3. The van der Waals surface area contributed by atoms with E-state index in [-0.39, 0.29) is 0 Å². The highest BCUT2D eigenvalue weighted by atomic mass is 79.9. The highest BCUT2D eigenvalue weighted by Gasteiger charge is 2.10. The van der Waals surface area contributed by atoms with Gasteiger partial charge in [-0.3, -0.25) is 0 Å². The van der Waals surface area contributed by atoms with Crippen molar-refractivity contribution in [1.29, 1.82) is 5.26 Å². The van der Waals surface area contributed by atoms with Gasteiger partial charge in [0, 0.05) is 14.5 Å². The number of halogens is 2. The van der Waals surface area contributed by atoms with Gasteiger partial charge in [-0.25, -0.2) is 0 Å². The van der Waals surface area contributed by atoms with Crippen LogP contribution in [0.25, 0.3) is 11.6 Å². The predicted molar refractivity (Wildman–Crippen MR) is 154 cm³/mol. The Morgan fingerprint density at radius 3 is 2.14 bits per heavy atom. The molecule has 0 N–H and O–H groups in total. The van der Waals surface area contributed by atoms with E-state index in [0.717, 1.165) is 31.2 Å². The maximum atomic E-state index is 9.79. The molecule has 0 aliphatic rings. The Bertz CT molecular complexity index is 1410. The molecule has 0 bridgehead atoms. The second-order valence-electron chi connectivity index (χ2n) is 8.14. The first-order valence-corrected chi connectivity index (χ1v) is 13.4. The normalized spacial score (nSPS) is 11.0. The molecule has 0 aromatic heterocycles. The van der Waals surface area contributed by atoms with E-state index in [1.807, 2.05) is 104 Å². The van der Waals surface area contributed by atoms with Crippen molar-refractivity contribution in [3.8, 4) is 23.3 Å². The van der Waals surface area contributed by atoms with Crippen LogP contribution in [0.1, 0.15) is 29.2 Å². The number of benzene rings is 4. The van der Waals surface area contributed by atoms with Gasteiger partial charge in [0.25, 0.3) is 0 Å². The largest absolute Gasteiger partial charge is 0.490 e. The van der Waals surface area contributed by atoms with Crippen molar-refractivity contribution in [2.24, 2.45) is 0 Å². The molecule has 0 atom stereocenters. The highest BCUT2D eigenvalue weighted by Crippen LogP contribution is 2.32. The first kappa shape index (κ1) is 26.5. The topological polar surface area (TPSA) is 51.5 Å². The maximum Gasteiger partial charge on any atom is 0.161 e. The van der Waals surface area contributed by atoms with Crippen LogP contribution >= 0.6 is 31.9 Å². The Hall–Kier alpha value is -3.53. The van der Waals surface area contributed by atoms with Crippen LogP contribution in [-0.4, -0.2) is 6.61 Å². The van der Waals surface area contributed by atoms with Crippen LogP contribution in [0.2, 0.25) is 0 Å². The smallest absolute Gasteiger partial charge is 0.161 e. The van der Waals surface area contributed by atoms with E-state index >= 15 is 0 Å². The van der Waals surface area contributed by atoms with Gasteiger partial charge in [0.2, 0.25) is 0 Å². The van der Waals surface area contributed by atoms with Gasteiger partial charge in [-0.15, -0.1) is 0 Å². The average Bonchev–Trinajstić information content (AvgIpc) is 2.92. The summed E-state index contributed by atoms with van der Waals surface area (Å²) in [4.78, 5) is 0. The van der Waals surface area contributed by atoms with E-state index in [4.69, 9.17) is 14.2 Å². The molecule has 0 saturated carbocycles. The zero-order valence-corrected chi connectivity index (χ0v) is 23.5. The summed E-state index contributed by atoms with van der Waals surface area (Å²) in [6, 6.07) is 31.6. The molecule has 37 heavy (non-hydrogen) atoms. The number of hydrogen-bond donors (Lipinski definition) is 0. The lowest BCUT2D eigenvalue weighted by Crippen LogP contribution is -2.02. The molecule has 0 unspecified atom stereocenters. The third-order valence-corrected chi connectivity index (χ3v) is 6.51. The molecule has 4 aromatic carbocycles. The van der Waals surface area contributed by atoms with E-state index in [1.54, 1.807) is 0 Å². The van der Waals surface area contributed by atoms with Crippen molar-refractivity contribution in [3.05, 3.63) is 122 Å². The predicted octanol–water partition coefficient (Wildman–Crippen LogP) is 8.83.